The predicted octanol–water partition coefficient (Wildman–Crippen LogP) is 2.51. The molecule has 2 nitrogen and oxygen atoms in total. The molecule has 0 spiro atoms. The van der Waals surface area contributed by atoms with Crippen molar-refractivity contribution in [2.45, 2.75) is 38.8 Å². The van der Waals surface area contributed by atoms with E-state index in [2.05, 4.69) is 0 Å². The Morgan fingerprint density at radius 3 is 2.38 bits per heavy atom. The van der Waals surface area contributed by atoms with Crippen LogP contribution in [0.15, 0.2) is 24.3 Å². The highest BCUT2D eigenvalue weighted by Crippen LogP contribution is 2.17. The number of benzene rings is 1. The maximum absolute atomic E-state index is 12.7. The van der Waals surface area contributed by atoms with Crippen LogP contribution in [0.1, 0.15) is 26.3 Å². The van der Waals surface area contributed by atoms with Crippen LogP contribution in [0.2, 0.25) is 0 Å². The summed E-state index contributed by atoms with van der Waals surface area (Å²) >= 11 is 0. The molecule has 16 heavy (non-hydrogen) atoms. The molecule has 3 heteroatoms. The van der Waals surface area contributed by atoms with Gasteiger partial charge in [-0.25, -0.2) is 4.39 Å². The average molecular weight is 225 g/mol. The van der Waals surface area contributed by atoms with Gasteiger partial charge in [0.1, 0.15) is 5.82 Å². The Balaban J connectivity index is 2.63. The fraction of sp³-hybridized carbons (Fsp3) is 0.538. The molecule has 1 aromatic carbocycles. The lowest BCUT2D eigenvalue weighted by Gasteiger charge is -2.31. The molecule has 0 aromatic heterocycles. The summed E-state index contributed by atoms with van der Waals surface area (Å²) in [7, 11) is 0. The summed E-state index contributed by atoms with van der Waals surface area (Å²) in [5.74, 6) is -0.221. The van der Waals surface area contributed by atoms with Crippen LogP contribution in [-0.4, -0.2) is 18.2 Å². The van der Waals surface area contributed by atoms with Gasteiger partial charge < -0.3 is 10.5 Å². The third-order valence-corrected chi connectivity index (χ3v) is 2.78. The fourth-order valence-electron chi connectivity index (χ4n) is 1.60. The van der Waals surface area contributed by atoms with Crippen molar-refractivity contribution < 1.29 is 9.13 Å². The van der Waals surface area contributed by atoms with Crippen molar-refractivity contribution in [1.82, 2.24) is 0 Å². The zero-order valence-electron chi connectivity index (χ0n) is 10.2. The van der Waals surface area contributed by atoms with E-state index < -0.39 is 0 Å². The van der Waals surface area contributed by atoms with Gasteiger partial charge in [-0.1, -0.05) is 12.1 Å². The van der Waals surface area contributed by atoms with Gasteiger partial charge in [-0.05, 0) is 44.9 Å². The molecular weight excluding hydrogens is 205 g/mol. The van der Waals surface area contributed by atoms with E-state index in [4.69, 9.17) is 10.5 Å². The van der Waals surface area contributed by atoms with Crippen molar-refractivity contribution in [2.75, 3.05) is 6.61 Å². The molecule has 1 unspecified atom stereocenters. The summed E-state index contributed by atoms with van der Waals surface area (Å²) in [6, 6.07) is 6.33. The van der Waals surface area contributed by atoms with Gasteiger partial charge in [-0.2, -0.15) is 0 Å². The van der Waals surface area contributed by atoms with E-state index >= 15 is 0 Å². The van der Waals surface area contributed by atoms with Crippen molar-refractivity contribution in [2.24, 2.45) is 5.73 Å². The minimum absolute atomic E-state index is 0.0992. The van der Waals surface area contributed by atoms with Crippen LogP contribution >= 0.6 is 0 Å². The van der Waals surface area contributed by atoms with Gasteiger partial charge in [0.05, 0.1) is 5.60 Å². The van der Waals surface area contributed by atoms with E-state index in [0.717, 1.165) is 5.56 Å². The molecular formula is C13H20FNO. The first-order valence-electron chi connectivity index (χ1n) is 5.59. The molecule has 0 aliphatic heterocycles. The van der Waals surface area contributed by atoms with Crippen molar-refractivity contribution in [3.8, 4) is 0 Å². The summed E-state index contributed by atoms with van der Waals surface area (Å²) < 4.78 is 18.3. The van der Waals surface area contributed by atoms with Gasteiger partial charge in [0.2, 0.25) is 0 Å². The van der Waals surface area contributed by atoms with E-state index in [1.807, 2.05) is 20.8 Å². The SMILES string of the molecule is CCOC(C)(C)C(N)Cc1ccc(F)cc1. The Kier molecular flexibility index (Phi) is 4.44. The fourth-order valence-corrected chi connectivity index (χ4v) is 1.60. The lowest BCUT2D eigenvalue weighted by Crippen LogP contribution is -2.46. The maximum Gasteiger partial charge on any atom is 0.123 e. The van der Waals surface area contributed by atoms with Crippen molar-refractivity contribution >= 4 is 0 Å². The number of hydrogen-bond acceptors (Lipinski definition) is 2. The van der Waals surface area contributed by atoms with E-state index in [9.17, 15) is 4.39 Å². The summed E-state index contributed by atoms with van der Waals surface area (Å²) in [6.07, 6.45) is 0.688. The summed E-state index contributed by atoms with van der Waals surface area (Å²) in [4.78, 5) is 0. The highest BCUT2D eigenvalue weighted by Gasteiger charge is 2.26. The van der Waals surface area contributed by atoms with Crippen LogP contribution in [0.5, 0.6) is 0 Å². The smallest absolute Gasteiger partial charge is 0.123 e. The van der Waals surface area contributed by atoms with Crippen LogP contribution in [-0.2, 0) is 11.2 Å². The Morgan fingerprint density at radius 2 is 1.88 bits per heavy atom. The molecule has 90 valence electrons. The topological polar surface area (TPSA) is 35.2 Å². The summed E-state index contributed by atoms with van der Waals surface area (Å²) in [5, 5.41) is 0. The molecule has 0 saturated heterocycles. The monoisotopic (exact) mass is 225 g/mol. The molecule has 0 saturated carbocycles. The Labute approximate surface area is 96.6 Å². The van der Waals surface area contributed by atoms with Gasteiger partial charge in [0.15, 0.2) is 0 Å². The number of halogens is 1. The Bertz CT molecular complexity index is 321. The minimum atomic E-state index is -0.358. The average Bonchev–Trinajstić information content (AvgIpc) is 2.21. The van der Waals surface area contributed by atoms with Crippen molar-refractivity contribution in [3.05, 3.63) is 35.6 Å². The normalized spacial score (nSPS) is 13.8. The van der Waals surface area contributed by atoms with Crippen LogP contribution < -0.4 is 5.73 Å². The van der Waals surface area contributed by atoms with E-state index in [-0.39, 0.29) is 17.5 Å². The van der Waals surface area contributed by atoms with Gasteiger partial charge >= 0.3 is 0 Å². The zero-order valence-corrected chi connectivity index (χ0v) is 10.2. The second-order valence-electron chi connectivity index (χ2n) is 4.47. The van der Waals surface area contributed by atoms with E-state index in [1.54, 1.807) is 12.1 Å². The van der Waals surface area contributed by atoms with Crippen LogP contribution in [0.4, 0.5) is 4.39 Å². The zero-order chi connectivity index (χ0) is 12.2. The lowest BCUT2D eigenvalue weighted by molar-refractivity contribution is -0.0288. The molecule has 0 amide bonds. The van der Waals surface area contributed by atoms with Crippen LogP contribution in [0.3, 0.4) is 0 Å². The second kappa shape index (κ2) is 5.41. The van der Waals surface area contributed by atoms with Gasteiger partial charge in [0.25, 0.3) is 0 Å². The van der Waals surface area contributed by atoms with Crippen LogP contribution in [0.25, 0.3) is 0 Å². The highest BCUT2D eigenvalue weighted by atomic mass is 19.1. The van der Waals surface area contributed by atoms with E-state index in [1.165, 1.54) is 12.1 Å². The van der Waals surface area contributed by atoms with Crippen molar-refractivity contribution in [3.63, 3.8) is 0 Å². The first kappa shape index (κ1) is 13.1. The number of nitrogens with two attached hydrogens (primary N) is 1. The predicted molar refractivity (Wildman–Crippen MR) is 63.8 cm³/mol. The van der Waals surface area contributed by atoms with Gasteiger partial charge in [-0.3, -0.25) is 0 Å². The lowest BCUT2D eigenvalue weighted by atomic mass is 9.93. The highest BCUT2D eigenvalue weighted by molar-refractivity contribution is 5.17. The first-order chi connectivity index (χ1) is 7.45. The number of rotatable bonds is 5. The third kappa shape index (κ3) is 3.58. The standard InChI is InChI=1S/C13H20FNO/c1-4-16-13(2,3)12(15)9-10-5-7-11(14)8-6-10/h5-8,12H,4,9,15H2,1-3H3. The molecule has 0 aliphatic rings. The van der Waals surface area contributed by atoms with Crippen molar-refractivity contribution in [1.29, 1.82) is 0 Å². The largest absolute Gasteiger partial charge is 0.374 e. The summed E-state index contributed by atoms with van der Waals surface area (Å²) in [5.41, 5.74) is 6.76. The quantitative estimate of drug-likeness (QED) is 0.835. The molecule has 0 fully saturated rings. The first-order valence-corrected chi connectivity index (χ1v) is 5.59. The number of ether oxygens (including phenoxy) is 1. The Morgan fingerprint density at radius 1 is 1.31 bits per heavy atom. The maximum atomic E-state index is 12.7. The molecule has 0 heterocycles. The molecule has 0 aliphatic carbocycles. The third-order valence-electron chi connectivity index (χ3n) is 2.78. The molecule has 1 rings (SSSR count). The number of hydrogen-bond donors (Lipinski definition) is 1. The molecule has 1 atom stereocenters. The molecule has 0 radical (unpaired) electrons. The van der Waals surface area contributed by atoms with Gasteiger partial charge in [0, 0.05) is 12.6 Å². The van der Waals surface area contributed by atoms with Crippen LogP contribution in [0, 0.1) is 5.82 Å². The van der Waals surface area contributed by atoms with E-state index in [0.29, 0.717) is 13.0 Å². The molecule has 0 bridgehead atoms. The Hall–Kier alpha value is -0.930. The summed E-state index contributed by atoms with van der Waals surface area (Å²) in [6.45, 7) is 6.55. The van der Waals surface area contributed by atoms with Gasteiger partial charge in [-0.15, -0.1) is 0 Å². The molecule has 1 aromatic rings. The second-order valence-corrected chi connectivity index (χ2v) is 4.47. The molecule has 2 N–H and O–H groups in total. The minimum Gasteiger partial charge on any atom is -0.374 e.